The minimum absolute atomic E-state index is 0.111. The first-order valence-electron chi connectivity index (χ1n) is 7.68. The molecule has 9 heteroatoms. The SMILES string of the molecule is Nn1c(SCC(=O)NOCc2ccccc2)nnc1-c1ccccc1Br. The van der Waals surface area contributed by atoms with Crippen molar-refractivity contribution < 1.29 is 9.63 Å². The molecule has 0 atom stereocenters. The Morgan fingerprint density at radius 2 is 1.88 bits per heavy atom. The van der Waals surface area contributed by atoms with Crippen molar-refractivity contribution in [3.05, 3.63) is 64.6 Å². The van der Waals surface area contributed by atoms with Crippen LogP contribution < -0.4 is 11.3 Å². The van der Waals surface area contributed by atoms with Gasteiger partial charge in [0, 0.05) is 10.0 Å². The first-order valence-corrected chi connectivity index (χ1v) is 9.46. The van der Waals surface area contributed by atoms with Gasteiger partial charge in [-0.3, -0.25) is 9.63 Å². The van der Waals surface area contributed by atoms with Crippen molar-refractivity contribution in [3.63, 3.8) is 0 Å². The number of amides is 1. The van der Waals surface area contributed by atoms with E-state index in [-0.39, 0.29) is 11.7 Å². The molecular formula is C17H16BrN5O2S. The topological polar surface area (TPSA) is 95.1 Å². The Bertz CT molecular complexity index is 888. The van der Waals surface area contributed by atoms with Gasteiger partial charge in [-0.05, 0) is 17.7 Å². The zero-order valence-corrected chi connectivity index (χ0v) is 16.0. The fraction of sp³-hybridized carbons (Fsp3) is 0.118. The monoisotopic (exact) mass is 433 g/mol. The van der Waals surface area contributed by atoms with Crippen LogP contribution in [-0.2, 0) is 16.2 Å². The van der Waals surface area contributed by atoms with Crippen LogP contribution in [0.25, 0.3) is 11.4 Å². The average Bonchev–Trinajstić information content (AvgIpc) is 3.02. The van der Waals surface area contributed by atoms with Gasteiger partial charge in [-0.25, -0.2) is 10.2 Å². The van der Waals surface area contributed by atoms with Crippen molar-refractivity contribution in [1.29, 1.82) is 0 Å². The van der Waals surface area contributed by atoms with E-state index in [0.717, 1.165) is 15.6 Å². The molecule has 1 heterocycles. The summed E-state index contributed by atoms with van der Waals surface area (Å²) in [5.41, 5.74) is 4.20. The minimum atomic E-state index is -0.281. The Balaban J connectivity index is 1.52. The quantitative estimate of drug-likeness (QED) is 0.337. The highest BCUT2D eigenvalue weighted by atomic mass is 79.9. The van der Waals surface area contributed by atoms with E-state index in [1.807, 2.05) is 54.6 Å². The molecule has 0 fully saturated rings. The molecule has 1 amide bonds. The number of hydrogen-bond donors (Lipinski definition) is 2. The molecule has 3 aromatic rings. The van der Waals surface area contributed by atoms with Crippen LogP contribution in [0.15, 0.2) is 64.2 Å². The molecule has 3 N–H and O–H groups in total. The first-order chi connectivity index (χ1) is 12.6. The standard InChI is InChI=1S/C17H16BrN5O2S/c18-14-9-5-4-8-13(14)16-20-21-17(23(16)19)26-11-15(24)22-25-10-12-6-2-1-3-7-12/h1-9H,10-11,19H2,(H,22,24). The van der Waals surface area contributed by atoms with Gasteiger partial charge < -0.3 is 5.84 Å². The third-order valence-electron chi connectivity index (χ3n) is 3.38. The maximum atomic E-state index is 11.9. The van der Waals surface area contributed by atoms with Crippen molar-refractivity contribution in [2.24, 2.45) is 0 Å². The summed E-state index contributed by atoms with van der Waals surface area (Å²) in [5.74, 6) is 6.40. The van der Waals surface area contributed by atoms with Gasteiger partial charge in [0.25, 0.3) is 5.91 Å². The summed E-state index contributed by atoms with van der Waals surface area (Å²) in [6.07, 6.45) is 0. The molecule has 0 saturated carbocycles. The molecule has 134 valence electrons. The van der Waals surface area contributed by atoms with Crippen LogP contribution in [-0.4, -0.2) is 26.5 Å². The van der Waals surface area contributed by atoms with E-state index >= 15 is 0 Å². The van der Waals surface area contributed by atoms with Gasteiger partial charge in [-0.1, -0.05) is 70.2 Å². The maximum absolute atomic E-state index is 11.9. The Kier molecular flexibility index (Phi) is 6.26. The third kappa shape index (κ3) is 4.63. The van der Waals surface area contributed by atoms with E-state index < -0.39 is 0 Å². The Labute approximate surface area is 163 Å². The molecule has 7 nitrogen and oxygen atoms in total. The average molecular weight is 434 g/mol. The summed E-state index contributed by atoms with van der Waals surface area (Å²) in [5, 5.41) is 8.58. The van der Waals surface area contributed by atoms with Crippen molar-refractivity contribution in [3.8, 4) is 11.4 Å². The molecule has 0 radical (unpaired) electrons. The number of aromatic nitrogens is 3. The van der Waals surface area contributed by atoms with Crippen LogP contribution in [0.3, 0.4) is 0 Å². The lowest BCUT2D eigenvalue weighted by atomic mass is 10.2. The third-order valence-corrected chi connectivity index (χ3v) is 5.01. The van der Waals surface area contributed by atoms with Crippen LogP contribution in [0.4, 0.5) is 0 Å². The molecular weight excluding hydrogens is 418 g/mol. The summed E-state index contributed by atoms with van der Waals surface area (Å²) >= 11 is 4.64. The van der Waals surface area contributed by atoms with Crippen molar-refractivity contribution in [1.82, 2.24) is 20.4 Å². The number of nitrogens with two attached hydrogens (primary N) is 1. The molecule has 0 aliphatic carbocycles. The van der Waals surface area contributed by atoms with E-state index in [9.17, 15) is 4.79 Å². The zero-order valence-electron chi connectivity index (χ0n) is 13.6. The van der Waals surface area contributed by atoms with E-state index in [4.69, 9.17) is 10.7 Å². The van der Waals surface area contributed by atoms with Crippen molar-refractivity contribution in [2.45, 2.75) is 11.8 Å². The number of nitrogen functional groups attached to an aromatic ring is 1. The fourth-order valence-electron chi connectivity index (χ4n) is 2.14. The van der Waals surface area contributed by atoms with Gasteiger partial charge in [0.2, 0.25) is 5.16 Å². The van der Waals surface area contributed by atoms with Gasteiger partial charge in [0.1, 0.15) is 0 Å². The number of rotatable bonds is 7. The van der Waals surface area contributed by atoms with Crippen LogP contribution in [0.2, 0.25) is 0 Å². The number of carbonyl (C=O) groups excluding carboxylic acids is 1. The van der Waals surface area contributed by atoms with Crippen LogP contribution >= 0.6 is 27.7 Å². The number of benzene rings is 2. The molecule has 0 aliphatic rings. The van der Waals surface area contributed by atoms with Crippen molar-refractivity contribution >= 4 is 33.6 Å². The van der Waals surface area contributed by atoms with E-state index in [2.05, 4.69) is 31.6 Å². The normalized spacial score (nSPS) is 10.7. The number of nitrogens with one attached hydrogen (secondary N) is 1. The summed E-state index contributed by atoms with van der Waals surface area (Å²) in [6.45, 7) is 0.302. The van der Waals surface area contributed by atoms with Gasteiger partial charge >= 0.3 is 0 Å². The molecule has 0 aliphatic heterocycles. The molecule has 0 saturated heterocycles. The summed E-state index contributed by atoms with van der Waals surface area (Å²) < 4.78 is 2.23. The summed E-state index contributed by atoms with van der Waals surface area (Å²) in [7, 11) is 0. The Hall–Kier alpha value is -2.36. The zero-order chi connectivity index (χ0) is 18.4. The van der Waals surface area contributed by atoms with Crippen molar-refractivity contribution in [2.75, 3.05) is 11.6 Å². The number of hydroxylamine groups is 1. The highest BCUT2D eigenvalue weighted by Crippen LogP contribution is 2.27. The summed E-state index contributed by atoms with van der Waals surface area (Å²) in [6, 6.07) is 17.1. The van der Waals surface area contributed by atoms with Gasteiger partial charge in [-0.15, -0.1) is 10.2 Å². The second-order valence-corrected chi connectivity index (χ2v) is 7.04. The second-order valence-electron chi connectivity index (χ2n) is 5.24. The van der Waals surface area contributed by atoms with Crippen LogP contribution in [0, 0.1) is 0 Å². The lowest BCUT2D eigenvalue weighted by Gasteiger charge is -2.06. The number of hydrogen-bond acceptors (Lipinski definition) is 6. The maximum Gasteiger partial charge on any atom is 0.254 e. The number of halogens is 1. The lowest BCUT2D eigenvalue weighted by Crippen LogP contribution is -2.25. The molecule has 0 unspecified atom stereocenters. The van der Waals surface area contributed by atoms with Gasteiger partial charge in [0.15, 0.2) is 5.82 Å². The van der Waals surface area contributed by atoms with E-state index in [0.29, 0.717) is 17.6 Å². The Morgan fingerprint density at radius 1 is 1.15 bits per heavy atom. The number of nitrogens with zero attached hydrogens (tertiary/aromatic N) is 3. The smallest absolute Gasteiger partial charge is 0.254 e. The van der Waals surface area contributed by atoms with Crippen LogP contribution in [0.1, 0.15) is 5.56 Å². The predicted octanol–water partition coefficient (Wildman–Crippen LogP) is 2.76. The van der Waals surface area contributed by atoms with E-state index in [1.165, 1.54) is 16.4 Å². The first kappa shape index (κ1) is 18.4. The minimum Gasteiger partial charge on any atom is -0.335 e. The highest BCUT2D eigenvalue weighted by molar-refractivity contribution is 9.10. The van der Waals surface area contributed by atoms with E-state index in [1.54, 1.807) is 0 Å². The second kappa shape index (κ2) is 8.84. The van der Waals surface area contributed by atoms with Gasteiger partial charge in [-0.2, -0.15) is 0 Å². The molecule has 26 heavy (non-hydrogen) atoms. The predicted molar refractivity (Wildman–Crippen MR) is 103 cm³/mol. The van der Waals surface area contributed by atoms with Gasteiger partial charge in [0.05, 0.1) is 12.4 Å². The largest absolute Gasteiger partial charge is 0.335 e. The molecule has 0 bridgehead atoms. The van der Waals surface area contributed by atoms with Crippen LogP contribution in [0.5, 0.6) is 0 Å². The number of thioether (sulfide) groups is 1. The Morgan fingerprint density at radius 3 is 2.65 bits per heavy atom. The summed E-state index contributed by atoms with van der Waals surface area (Å²) in [4.78, 5) is 17.1. The molecule has 3 rings (SSSR count). The fourth-order valence-corrected chi connectivity index (χ4v) is 3.24. The lowest BCUT2D eigenvalue weighted by molar-refractivity contribution is -0.131. The molecule has 1 aromatic heterocycles. The highest BCUT2D eigenvalue weighted by Gasteiger charge is 2.15. The molecule has 0 spiro atoms. The molecule has 2 aromatic carbocycles. The number of carbonyl (C=O) groups is 1.